The number of rotatable bonds is 8. The quantitative estimate of drug-likeness (QED) is 0.544. The smallest absolute Gasteiger partial charge is 0.252 e. The van der Waals surface area contributed by atoms with Gasteiger partial charge in [0.2, 0.25) is 6.41 Å². The van der Waals surface area contributed by atoms with Crippen LogP contribution in [0.15, 0.2) is 42.6 Å². The molecule has 0 radical (unpaired) electrons. The Kier molecular flexibility index (Phi) is 6.67. The van der Waals surface area contributed by atoms with Crippen LogP contribution >= 0.6 is 0 Å². The number of nitrogens with one attached hydrogen (secondary N) is 1. The second-order valence-electron chi connectivity index (χ2n) is 6.31. The molecule has 1 N–H and O–H groups in total. The minimum absolute atomic E-state index is 0.192. The second-order valence-corrected chi connectivity index (χ2v) is 6.31. The fourth-order valence-electron chi connectivity index (χ4n) is 2.87. The number of anilines is 1. The van der Waals surface area contributed by atoms with Gasteiger partial charge in [-0.2, -0.15) is 0 Å². The first kappa shape index (κ1) is 19.5. The molecule has 8 heteroatoms. The lowest BCUT2D eigenvalue weighted by Gasteiger charge is -2.33. The molecule has 28 heavy (non-hydrogen) atoms. The molecule has 2 heterocycles. The van der Waals surface area contributed by atoms with Crippen LogP contribution in [0.5, 0.6) is 11.5 Å². The molecule has 1 aliphatic rings. The fraction of sp³-hybridized carbons (Fsp3) is 0.350. The molecule has 0 aliphatic carbocycles. The second kappa shape index (κ2) is 9.59. The predicted molar refractivity (Wildman–Crippen MR) is 105 cm³/mol. The Morgan fingerprint density at radius 2 is 1.82 bits per heavy atom. The minimum atomic E-state index is -0.192. The zero-order chi connectivity index (χ0) is 19.8. The van der Waals surface area contributed by atoms with E-state index in [0.29, 0.717) is 31.8 Å². The highest BCUT2D eigenvalue weighted by Crippen LogP contribution is 2.17. The normalized spacial score (nSPS) is 13.8. The maximum absolute atomic E-state index is 12.2. The SMILES string of the molecule is COc1ccc(OCCNC(=O)c2ccc(N3CCN(C=O)CC3)nc2)cc1. The molecule has 8 nitrogen and oxygen atoms in total. The monoisotopic (exact) mass is 384 g/mol. The van der Waals surface area contributed by atoms with E-state index < -0.39 is 0 Å². The molecule has 1 saturated heterocycles. The van der Waals surface area contributed by atoms with Gasteiger partial charge in [-0.1, -0.05) is 0 Å². The standard InChI is InChI=1S/C20H24N4O4/c1-27-17-3-5-18(6-4-17)28-13-8-21-20(26)16-2-7-19(22-14-16)24-11-9-23(15-25)10-12-24/h2-7,14-15H,8-13H2,1H3,(H,21,26). The summed E-state index contributed by atoms with van der Waals surface area (Å²) in [5.41, 5.74) is 0.500. The first-order valence-electron chi connectivity index (χ1n) is 9.15. The molecule has 1 fully saturated rings. The molecular formula is C20H24N4O4. The number of methoxy groups -OCH3 is 1. The van der Waals surface area contributed by atoms with E-state index in [0.717, 1.165) is 36.8 Å². The Morgan fingerprint density at radius 3 is 2.43 bits per heavy atom. The largest absolute Gasteiger partial charge is 0.497 e. The number of aromatic nitrogens is 1. The highest BCUT2D eigenvalue weighted by atomic mass is 16.5. The van der Waals surface area contributed by atoms with Crippen molar-refractivity contribution in [2.24, 2.45) is 0 Å². The molecule has 2 amide bonds. The third-order valence-electron chi connectivity index (χ3n) is 4.51. The summed E-state index contributed by atoms with van der Waals surface area (Å²) >= 11 is 0. The number of benzene rings is 1. The van der Waals surface area contributed by atoms with Crippen LogP contribution in [0.1, 0.15) is 10.4 Å². The van der Waals surface area contributed by atoms with E-state index in [-0.39, 0.29) is 5.91 Å². The van der Waals surface area contributed by atoms with Gasteiger partial charge in [-0.05, 0) is 36.4 Å². The molecule has 3 rings (SSSR count). The first-order chi connectivity index (χ1) is 13.7. The Labute approximate surface area is 164 Å². The number of carbonyl (C=O) groups is 2. The van der Waals surface area contributed by atoms with Gasteiger partial charge in [0.25, 0.3) is 5.91 Å². The molecule has 0 spiro atoms. The highest BCUT2D eigenvalue weighted by molar-refractivity contribution is 5.94. The molecule has 0 saturated carbocycles. The van der Waals surface area contributed by atoms with Crippen LogP contribution in [-0.4, -0.2) is 68.6 Å². The molecular weight excluding hydrogens is 360 g/mol. The number of amides is 2. The van der Waals surface area contributed by atoms with Crippen molar-refractivity contribution < 1.29 is 19.1 Å². The number of pyridine rings is 1. The van der Waals surface area contributed by atoms with Crippen LogP contribution in [0.3, 0.4) is 0 Å². The molecule has 0 unspecified atom stereocenters. The van der Waals surface area contributed by atoms with E-state index in [2.05, 4.69) is 15.2 Å². The summed E-state index contributed by atoms with van der Waals surface area (Å²) < 4.78 is 10.7. The third kappa shape index (κ3) is 5.12. The number of piperazine rings is 1. The Hall–Kier alpha value is -3.29. The Bertz CT molecular complexity index is 772. The van der Waals surface area contributed by atoms with Gasteiger partial charge >= 0.3 is 0 Å². The molecule has 1 aliphatic heterocycles. The maximum Gasteiger partial charge on any atom is 0.252 e. The van der Waals surface area contributed by atoms with Crippen LogP contribution in [0.4, 0.5) is 5.82 Å². The number of hydrogen-bond acceptors (Lipinski definition) is 6. The average Bonchev–Trinajstić information content (AvgIpc) is 2.77. The van der Waals surface area contributed by atoms with Gasteiger partial charge in [0, 0.05) is 32.4 Å². The molecule has 148 valence electrons. The summed E-state index contributed by atoms with van der Waals surface area (Å²) in [4.78, 5) is 31.2. The summed E-state index contributed by atoms with van der Waals surface area (Å²) in [6.45, 7) is 3.59. The molecule has 1 aromatic heterocycles. The van der Waals surface area contributed by atoms with E-state index in [9.17, 15) is 9.59 Å². The number of nitrogens with zero attached hydrogens (tertiary/aromatic N) is 3. The van der Waals surface area contributed by atoms with Crippen molar-refractivity contribution in [1.82, 2.24) is 15.2 Å². The summed E-state index contributed by atoms with van der Waals surface area (Å²) in [6.07, 6.45) is 2.44. The van der Waals surface area contributed by atoms with E-state index in [4.69, 9.17) is 9.47 Å². The van der Waals surface area contributed by atoms with Gasteiger partial charge in [0.1, 0.15) is 23.9 Å². The zero-order valence-corrected chi connectivity index (χ0v) is 15.8. The van der Waals surface area contributed by atoms with Crippen LogP contribution < -0.4 is 19.7 Å². The van der Waals surface area contributed by atoms with Crippen LogP contribution in [0, 0.1) is 0 Å². The summed E-state index contributed by atoms with van der Waals surface area (Å²) in [7, 11) is 1.61. The predicted octanol–water partition coefficient (Wildman–Crippen LogP) is 1.18. The van der Waals surface area contributed by atoms with Gasteiger partial charge in [-0.15, -0.1) is 0 Å². The van der Waals surface area contributed by atoms with Crippen LogP contribution in [-0.2, 0) is 4.79 Å². The van der Waals surface area contributed by atoms with Gasteiger partial charge in [0.05, 0.1) is 19.2 Å². The molecule has 2 aromatic rings. The molecule has 0 atom stereocenters. The zero-order valence-electron chi connectivity index (χ0n) is 15.8. The summed E-state index contributed by atoms with van der Waals surface area (Å²) in [6, 6.07) is 10.9. The summed E-state index contributed by atoms with van der Waals surface area (Å²) in [5.74, 6) is 2.10. The van der Waals surface area contributed by atoms with E-state index in [1.165, 1.54) is 0 Å². The van der Waals surface area contributed by atoms with E-state index >= 15 is 0 Å². The number of carbonyl (C=O) groups excluding carboxylic acids is 2. The van der Waals surface area contributed by atoms with Crippen molar-refractivity contribution in [3.8, 4) is 11.5 Å². The van der Waals surface area contributed by atoms with Gasteiger partial charge in [-0.3, -0.25) is 9.59 Å². The van der Waals surface area contributed by atoms with Crippen molar-refractivity contribution in [2.45, 2.75) is 0 Å². The number of ether oxygens (including phenoxy) is 2. The van der Waals surface area contributed by atoms with Crippen molar-refractivity contribution in [2.75, 3.05) is 51.3 Å². The van der Waals surface area contributed by atoms with Gasteiger partial charge in [0.15, 0.2) is 0 Å². The van der Waals surface area contributed by atoms with Gasteiger partial charge in [-0.25, -0.2) is 4.98 Å². The lowest BCUT2D eigenvalue weighted by molar-refractivity contribution is -0.118. The molecule has 1 aromatic carbocycles. The number of hydrogen-bond donors (Lipinski definition) is 1. The highest BCUT2D eigenvalue weighted by Gasteiger charge is 2.17. The van der Waals surface area contributed by atoms with Crippen molar-refractivity contribution in [3.63, 3.8) is 0 Å². The summed E-state index contributed by atoms with van der Waals surface area (Å²) in [5, 5.41) is 2.82. The van der Waals surface area contributed by atoms with Crippen LogP contribution in [0.25, 0.3) is 0 Å². The fourth-order valence-corrected chi connectivity index (χ4v) is 2.87. The Morgan fingerprint density at radius 1 is 1.11 bits per heavy atom. The lowest BCUT2D eigenvalue weighted by atomic mass is 10.2. The van der Waals surface area contributed by atoms with Crippen molar-refractivity contribution in [3.05, 3.63) is 48.2 Å². The van der Waals surface area contributed by atoms with Gasteiger partial charge < -0.3 is 24.6 Å². The van der Waals surface area contributed by atoms with E-state index in [1.54, 1.807) is 24.3 Å². The molecule has 0 bridgehead atoms. The maximum atomic E-state index is 12.2. The van der Waals surface area contributed by atoms with Crippen molar-refractivity contribution >= 4 is 18.1 Å². The third-order valence-corrected chi connectivity index (χ3v) is 4.51. The van der Waals surface area contributed by atoms with Crippen molar-refractivity contribution in [1.29, 1.82) is 0 Å². The first-order valence-corrected chi connectivity index (χ1v) is 9.15. The van der Waals surface area contributed by atoms with Crippen LogP contribution in [0.2, 0.25) is 0 Å². The van der Waals surface area contributed by atoms with E-state index in [1.807, 2.05) is 30.3 Å². The Balaban J connectivity index is 1.42. The lowest BCUT2D eigenvalue weighted by Crippen LogP contribution is -2.46. The topological polar surface area (TPSA) is 84.0 Å². The minimum Gasteiger partial charge on any atom is -0.497 e. The average molecular weight is 384 g/mol.